The van der Waals surface area contributed by atoms with E-state index in [0.717, 1.165) is 23.3 Å². The maximum atomic E-state index is 6.22. The number of benzene rings is 1. The third kappa shape index (κ3) is 3.32. The number of pyridine rings is 1. The third-order valence-electron chi connectivity index (χ3n) is 3.31. The van der Waals surface area contributed by atoms with Crippen molar-refractivity contribution in [3.8, 4) is 5.75 Å². The highest BCUT2D eigenvalue weighted by Crippen LogP contribution is 2.27. The van der Waals surface area contributed by atoms with Gasteiger partial charge in [-0.05, 0) is 48.6 Å². The zero-order chi connectivity index (χ0) is 13.1. The summed E-state index contributed by atoms with van der Waals surface area (Å²) < 4.78 is 5.73. The molecule has 2 aromatic rings. The highest BCUT2D eigenvalue weighted by Gasteiger charge is 2.23. The van der Waals surface area contributed by atoms with Crippen LogP contribution in [0.15, 0.2) is 48.8 Å². The van der Waals surface area contributed by atoms with Crippen molar-refractivity contribution in [2.45, 2.75) is 31.4 Å². The topological polar surface area (TPSA) is 48.1 Å². The zero-order valence-corrected chi connectivity index (χ0v) is 10.8. The molecule has 0 spiro atoms. The van der Waals surface area contributed by atoms with Gasteiger partial charge in [0, 0.05) is 18.4 Å². The van der Waals surface area contributed by atoms with Crippen LogP contribution in [0.2, 0.25) is 0 Å². The number of nitrogens with zero attached hydrogens (tertiary/aromatic N) is 1. The van der Waals surface area contributed by atoms with E-state index in [0.29, 0.717) is 6.10 Å². The average molecular weight is 254 g/mol. The van der Waals surface area contributed by atoms with E-state index in [1.54, 1.807) is 6.20 Å². The fourth-order valence-electron chi connectivity index (χ4n) is 2.06. The Balaban J connectivity index is 1.64. The third-order valence-corrected chi connectivity index (χ3v) is 3.31. The summed E-state index contributed by atoms with van der Waals surface area (Å²) >= 11 is 0. The first-order valence-electron chi connectivity index (χ1n) is 6.72. The minimum absolute atomic E-state index is 0.000764. The summed E-state index contributed by atoms with van der Waals surface area (Å²) in [5.41, 5.74) is 8.51. The molecule has 1 saturated carbocycles. The van der Waals surface area contributed by atoms with Crippen LogP contribution in [0, 0.1) is 0 Å². The molecule has 0 amide bonds. The number of hydrogen-bond donors (Lipinski definition) is 1. The second kappa shape index (κ2) is 5.41. The van der Waals surface area contributed by atoms with Crippen LogP contribution in [0.5, 0.6) is 5.75 Å². The molecule has 19 heavy (non-hydrogen) atoms. The molecule has 2 N–H and O–H groups in total. The number of nitrogens with two attached hydrogens (primary N) is 1. The molecule has 0 saturated heterocycles. The standard InChI is InChI=1S/C16H18N2O/c17-16(10-12-2-1-9-18-11-12)13-3-5-14(6-4-13)19-15-7-8-15/h1-6,9,11,15-16H,7-8,10,17H2. The molecular formula is C16H18N2O. The number of hydrogen-bond acceptors (Lipinski definition) is 3. The first kappa shape index (κ1) is 12.2. The molecular weight excluding hydrogens is 236 g/mol. The van der Waals surface area contributed by atoms with Crippen LogP contribution in [0.3, 0.4) is 0 Å². The van der Waals surface area contributed by atoms with Gasteiger partial charge in [0.25, 0.3) is 0 Å². The van der Waals surface area contributed by atoms with Gasteiger partial charge in [-0.1, -0.05) is 18.2 Å². The van der Waals surface area contributed by atoms with Crippen LogP contribution in [0.25, 0.3) is 0 Å². The highest BCUT2D eigenvalue weighted by atomic mass is 16.5. The van der Waals surface area contributed by atoms with Gasteiger partial charge >= 0.3 is 0 Å². The van der Waals surface area contributed by atoms with Gasteiger partial charge in [-0.15, -0.1) is 0 Å². The molecule has 1 fully saturated rings. The molecule has 0 aliphatic heterocycles. The van der Waals surface area contributed by atoms with Crippen LogP contribution in [0.1, 0.15) is 30.0 Å². The predicted molar refractivity (Wildman–Crippen MR) is 75.0 cm³/mol. The molecule has 1 aliphatic carbocycles. The van der Waals surface area contributed by atoms with Crippen LogP contribution < -0.4 is 10.5 Å². The Labute approximate surface area is 113 Å². The van der Waals surface area contributed by atoms with Crippen LogP contribution in [-0.4, -0.2) is 11.1 Å². The van der Waals surface area contributed by atoms with Crippen molar-refractivity contribution < 1.29 is 4.74 Å². The van der Waals surface area contributed by atoms with Gasteiger partial charge in [0.2, 0.25) is 0 Å². The van der Waals surface area contributed by atoms with E-state index in [-0.39, 0.29) is 6.04 Å². The van der Waals surface area contributed by atoms with Crippen molar-refractivity contribution in [3.05, 3.63) is 59.9 Å². The summed E-state index contributed by atoms with van der Waals surface area (Å²) in [6.45, 7) is 0. The fraction of sp³-hybridized carbons (Fsp3) is 0.312. The van der Waals surface area contributed by atoms with Crippen molar-refractivity contribution in [2.24, 2.45) is 5.73 Å². The van der Waals surface area contributed by atoms with E-state index in [9.17, 15) is 0 Å². The molecule has 1 atom stereocenters. The molecule has 98 valence electrons. The maximum absolute atomic E-state index is 6.22. The molecule has 3 rings (SSSR count). The van der Waals surface area contributed by atoms with E-state index in [2.05, 4.69) is 23.2 Å². The summed E-state index contributed by atoms with van der Waals surface area (Å²) in [6.07, 6.45) is 7.25. The largest absolute Gasteiger partial charge is 0.490 e. The van der Waals surface area contributed by atoms with Gasteiger partial charge in [-0.25, -0.2) is 0 Å². The Bertz CT molecular complexity index is 520. The Hall–Kier alpha value is -1.87. The molecule has 3 heteroatoms. The van der Waals surface area contributed by atoms with Gasteiger partial charge < -0.3 is 10.5 Å². The second-order valence-corrected chi connectivity index (χ2v) is 5.06. The van der Waals surface area contributed by atoms with Crippen molar-refractivity contribution in [1.82, 2.24) is 4.98 Å². The lowest BCUT2D eigenvalue weighted by Gasteiger charge is -2.13. The normalized spacial score (nSPS) is 16.1. The van der Waals surface area contributed by atoms with E-state index >= 15 is 0 Å². The van der Waals surface area contributed by atoms with E-state index in [1.165, 1.54) is 12.8 Å². The molecule has 1 aromatic carbocycles. The second-order valence-electron chi connectivity index (χ2n) is 5.06. The van der Waals surface area contributed by atoms with Gasteiger partial charge in [-0.2, -0.15) is 0 Å². The molecule has 3 nitrogen and oxygen atoms in total. The Morgan fingerprint density at radius 3 is 2.63 bits per heavy atom. The van der Waals surface area contributed by atoms with Gasteiger partial charge in [-0.3, -0.25) is 4.98 Å². The average Bonchev–Trinajstić information content (AvgIpc) is 3.25. The van der Waals surface area contributed by atoms with Crippen molar-refractivity contribution in [2.75, 3.05) is 0 Å². The summed E-state index contributed by atoms with van der Waals surface area (Å²) in [5.74, 6) is 0.944. The number of ether oxygens (including phenoxy) is 1. The molecule has 0 radical (unpaired) electrons. The Kier molecular flexibility index (Phi) is 3.47. The molecule has 1 heterocycles. The summed E-state index contributed by atoms with van der Waals surface area (Å²) in [5, 5.41) is 0. The first-order chi connectivity index (χ1) is 9.31. The lowest BCUT2D eigenvalue weighted by atomic mass is 10.0. The van der Waals surface area contributed by atoms with Crippen LogP contribution in [-0.2, 0) is 6.42 Å². The molecule has 0 bridgehead atoms. The fourth-order valence-corrected chi connectivity index (χ4v) is 2.06. The van der Waals surface area contributed by atoms with Crippen LogP contribution >= 0.6 is 0 Å². The lowest BCUT2D eigenvalue weighted by molar-refractivity contribution is 0.303. The van der Waals surface area contributed by atoms with Crippen molar-refractivity contribution in [1.29, 1.82) is 0 Å². The van der Waals surface area contributed by atoms with Gasteiger partial charge in [0.15, 0.2) is 0 Å². The Morgan fingerprint density at radius 1 is 1.21 bits per heavy atom. The molecule has 1 aromatic heterocycles. The van der Waals surface area contributed by atoms with Crippen molar-refractivity contribution >= 4 is 0 Å². The quantitative estimate of drug-likeness (QED) is 0.892. The van der Waals surface area contributed by atoms with E-state index in [1.807, 2.05) is 24.4 Å². The number of aromatic nitrogens is 1. The van der Waals surface area contributed by atoms with Gasteiger partial charge in [0.1, 0.15) is 5.75 Å². The summed E-state index contributed by atoms with van der Waals surface area (Å²) in [6, 6.07) is 12.1. The minimum atomic E-state index is -0.000764. The van der Waals surface area contributed by atoms with Crippen LogP contribution in [0.4, 0.5) is 0 Å². The number of rotatable bonds is 5. The smallest absolute Gasteiger partial charge is 0.119 e. The van der Waals surface area contributed by atoms with Crippen molar-refractivity contribution in [3.63, 3.8) is 0 Å². The SMILES string of the molecule is NC(Cc1cccnc1)c1ccc(OC2CC2)cc1. The molecule has 1 aliphatic rings. The van der Waals surface area contributed by atoms with E-state index < -0.39 is 0 Å². The Morgan fingerprint density at radius 2 is 2.00 bits per heavy atom. The predicted octanol–water partition coefficient (Wildman–Crippen LogP) is 2.87. The summed E-state index contributed by atoms with van der Waals surface area (Å²) in [7, 11) is 0. The maximum Gasteiger partial charge on any atom is 0.119 e. The van der Waals surface area contributed by atoms with Gasteiger partial charge in [0.05, 0.1) is 6.10 Å². The molecule has 1 unspecified atom stereocenters. The minimum Gasteiger partial charge on any atom is -0.490 e. The summed E-state index contributed by atoms with van der Waals surface area (Å²) in [4.78, 5) is 4.11. The lowest BCUT2D eigenvalue weighted by Crippen LogP contribution is -2.13. The highest BCUT2D eigenvalue weighted by molar-refractivity contribution is 5.30. The zero-order valence-electron chi connectivity index (χ0n) is 10.8. The van der Waals surface area contributed by atoms with E-state index in [4.69, 9.17) is 10.5 Å². The first-order valence-corrected chi connectivity index (χ1v) is 6.72. The monoisotopic (exact) mass is 254 g/mol.